The summed E-state index contributed by atoms with van der Waals surface area (Å²) in [4.78, 5) is 12.9. The van der Waals surface area contributed by atoms with Gasteiger partial charge in [-0.05, 0) is 22.2 Å². The fourth-order valence-electron chi connectivity index (χ4n) is 5.87. The molecule has 4 atom stereocenters. The standard InChI is InChI=1S/C27H45ClN4O5Si3/c1-17(2)39(18(3)4)34-14-21-23(36-40(37-39,19(5)6)20(7)8)27(33,12-13-38(9,10)11)26(35-21)32-16-31-22-24(28)29-15-30-25(22)32/h15-21,23,26,33H,14H2,1-11H3/t21-,23-,26-,27+/m1/s1. The summed E-state index contributed by atoms with van der Waals surface area (Å²) in [6.07, 6.45) is 0.605. The van der Waals surface area contributed by atoms with Gasteiger partial charge in [0.25, 0.3) is 0 Å². The molecule has 13 heteroatoms. The summed E-state index contributed by atoms with van der Waals surface area (Å²) < 4.78 is 29.9. The van der Waals surface area contributed by atoms with Crippen LogP contribution in [-0.2, 0) is 17.7 Å². The van der Waals surface area contributed by atoms with Crippen molar-refractivity contribution in [3.63, 3.8) is 0 Å². The first-order chi connectivity index (χ1) is 18.5. The van der Waals surface area contributed by atoms with Crippen molar-refractivity contribution in [2.24, 2.45) is 0 Å². The third kappa shape index (κ3) is 5.38. The number of aliphatic hydroxyl groups is 1. The lowest BCUT2D eigenvalue weighted by Gasteiger charge is -2.51. The lowest BCUT2D eigenvalue weighted by Crippen LogP contribution is -2.67. The molecule has 0 saturated carbocycles. The largest absolute Gasteiger partial charge is 0.414 e. The van der Waals surface area contributed by atoms with E-state index < -0.39 is 49.2 Å². The Hall–Kier alpha value is -1.15. The molecule has 0 aliphatic carbocycles. The SMILES string of the molecule is CC(C)[Si]1(C(C)C)OC[C@H]2O[C@@H](n3cnc4c(Cl)ncnc43)[C@](O)(C#C[Si](C)(C)C)[C@@H]2O[Si](C(C)C)(C(C)C)O1. The minimum atomic E-state index is -3.04. The highest BCUT2D eigenvalue weighted by molar-refractivity contribution is 6.84. The zero-order valence-electron chi connectivity index (χ0n) is 25.7. The van der Waals surface area contributed by atoms with E-state index in [4.69, 9.17) is 29.3 Å². The van der Waals surface area contributed by atoms with Crippen molar-refractivity contribution in [1.29, 1.82) is 0 Å². The van der Waals surface area contributed by atoms with Crippen LogP contribution in [0.15, 0.2) is 12.7 Å². The Balaban J connectivity index is 1.94. The van der Waals surface area contributed by atoms with E-state index in [-0.39, 0.29) is 33.9 Å². The number of fused-ring (bicyclic) bond motifs is 2. The Labute approximate surface area is 246 Å². The summed E-state index contributed by atoms with van der Waals surface area (Å²) in [7, 11) is -7.73. The predicted octanol–water partition coefficient (Wildman–Crippen LogP) is 5.95. The van der Waals surface area contributed by atoms with E-state index in [1.54, 1.807) is 10.9 Å². The molecule has 0 unspecified atom stereocenters. The van der Waals surface area contributed by atoms with Gasteiger partial charge in [0, 0.05) is 0 Å². The van der Waals surface area contributed by atoms with Crippen LogP contribution >= 0.6 is 11.6 Å². The number of hydrogen-bond acceptors (Lipinski definition) is 8. The Morgan fingerprint density at radius 3 is 2.15 bits per heavy atom. The van der Waals surface area contributed by atoms with Gasteiger partial charge >= 0.3 is 17.1 Å². The molecule has 1 N–H and O–H groups in total. The van der Waals surface area contributed by atoms with Crippen molar-refractivity contribution in [1.82, 2.24) is 19.5 Å². The van der Waals surface area contributed by atoms with Gasteiger partial charge in [-0.15, -0.1) is 5.54 Å². The summed E-state index contributed by atoms with van der Waals surface area (Å²) in [6, 6.07) is 0. The molecule has 2 aliphatic rings. The number of ether oxygens (including phenoxy) is 1. The van der Waals surface area contributed by atoms with E-state index in [9.17, 15) is 5.11 Å². The maximum atomic E-state index is 12.7. The van der Waals surface area contributed by atoms with Gasteiger partial charge in [-0.25, -0.2) is 15.0 Å². The van der Waals surface area contributed by atoms with E-state index in [0.29, 0.717) is 11.2 Å². The molecule has 222 valence electrons. The normalized spacial score (nSPS) is 28.6. The maximum absolute atomic E-state index is 12.7. The molecule has 0 amide bonds. The van der Waals surface area contributed by atoms with Crippen molar-refractivity contribution in [3.05, 3.63) is 17.8 Å². The summed E-state index contributed by atoms with van der Waals surface area (Å²) >= 11 is 6.33. The highest BCUT2D eigenvalue weighted by atomic mass is 35.5. The lowest BCUT2D eigenvalue weighted by atomic mass is 9.95. The van der Waals surface area contributed by atoms with E-state index in [0.717, 1.165) is 0 Å². The first-order valence-electron chi connectivity index (χ1n) is 14.3. The average molecular weight is 625 g/mol. The maximum Gasteiger partial charge on any atom is 0.335 e. The minimum Gasteiger partial charge on any atom is -0.414 e. The second-order valence-corrected chi connectivity index (χ2v) is 27.3. The Morgan fingerprint density at radius 1 is 1.00 bits per heavy atom. The molecular formula is C27H45ClN4O5Si3. The van der Waals surface area contributed by atoms with Crippen LogP contribution in [0.4, 0.5) is 0 Å². The van der Waals surface area contributed by atoms with Gasteiger partial charge < -0.3 is 22.8 Å². The second kappa shape index (κ2) is 11.2. The van der Waals surface area contributed by atoms with Crippen molar-refractivity contribution in [2.45, 2.75) is 121 Å². The summed E-state index contributed by atoms with van der Waals surface area (Å²) in [5.74, 6) is 3.26. The van der Waals surface area contributed by atoms with Gasteiger partial charge in [0.15, 0.2) is 22.6 Å². The minimum absolute atomic E-state index is 0.0908. The molecule has 2 aromatic heterocycles. The number of aromatic nitrogens is 4. The van der Waals surface area contributed by atoms with Crippen LogP contribution in [0, 0.1) is 11.5 Å². The molecule has 2 saturated heterocycles. The molecule has 40 heavy (non-hydrogen) atoms. The first kappa shape index (κ1) is 31.8. The predicted molar refractivity (Wildman–Crippen MR) is 164 cm³/mol. The van der Waals surface area contributed by atoms with Gasteiger partial charge in [-0.3, -0.25) is 4.57 Å². The highest BCUT2D eigenvalue weighted by Gasteiger charge is 2.65. The molecule has 0 aromatic carbocycles. The van der Waals surface area contributed by atoms with Gasteiger partial charge in [0.1, 0.15) is 32.1 Å². The van der Waals surface area contributed by atoms with Crippen molar-refractivity contribution >= 4 is 48.0 Å². The van der Waals surface area contributed by atoms with Crippen molar-refractivity contribution in [2.75, 3.05) is 6.61 Å². The molecule has 2 aliphatic heterocycles. The fraction of sp³-hybridized carbons (Fsp3) is 0.741. The summed E-state index contributed by atoms with van der Waals surface area (Å²) in [6.45, 7) is 24.0. The number of rotatable bonds is 5. The molecule has 0 bridgehead atoms. The van der Waals surface area contributed by atoms with Crippen LogP contribution in [0.3, 0.4) is 0 Å². The Bertz CT molecular complexity index is 1270. The van der Waals surface area contributed by atoms with Gasteiger partial charge in [-0.1, -0.05) is 92.6 Å². The van der Waals surface area contributed by atoms with Crippen LogP contribution in [0.2, 0.25) is 47.0 Å². The topological polar surface area (TPSA) is 101 Å². The highest BCUT2D eigenvalue weighted by Crippen LogP contribution is 2.51. The van der Waals surface area contributed by atoms with Gasteiger partial charge in [-0.2, -0.15) is 0 Å². The number of halogens is 1. The zero-order valence-corrected chi connectivity index (χ0v) is 29.4. The van der Waals surface area contributed by atoms with Crippen LogP contribution < -0.4 is 0 Å². The Kier molecular flexibility index (Phi) is 8.87. The zero-order chi connectivity index (χ0) is 29.8. The lowest BCUT2D eigenvalue weighted by molar-refractivity contribution is -0.0706. The molecule has 4 rings (SSSR count). The molecule has 4 heterocycles. The average Bonchev–Trinajstić information content (AvgIpc) is 3.36. The van der Waals surface area contributed by atoms with Crippen LogP contribution in [0.1, 0.15) is 61.6 Å². The van der Waals surface area contributed by atoms with Gasteiger partial charge in [0.2, 0.25) is 0 Å². The molecule has 9 nitrogen and oxygen atoms in total. The van der Waals surface area contributed by atoms with E-state index in [1.807, 2.05) is 0 Å². The third-order valence-corrected chi connectivity index (χ3v) is 19.4. The molecule has 2 aromatic rings. The van der Waals surface area contributed by atoms with E-state index >= 15 is 0 Å². The molecule has 2 fully saturated rings. The van der Waals surface area contributed by atoms with Crippen molar-refractivity contribution in [3.8, 4) is 11.5 Å². The smallest absolute Gasteiger partial charge is 0.335 e. The summed E-state index contributed by atoms with van der Waals surface area (Å²) in [5.41, 5.74) is 3.12. The number of nitrogens with zero attached hydrogens (tertiary/aromatic N) is 4. The summed E-state index contributed by atoms with van der Waals surface area (Å²) in [5, 5.41) is 12.9. The van der Waals surface area contributed by atoms with Crippen LogP contribution in [0.25, 0.3) is 11.2 Å². The van der Waals surface area contributed by atoms with Crippen LogP contribution in [0.5, 0.6) is 0 Å². The number of imidazole rings is 1. The molecule has 0 spiro atoms. The fourth-order valence-corrected chi connectivity index (χ4v) is 17.9. The Morgan fingerprint density at radius 2 is 1.60 bits per heavy atom. The quantitative estimate of drug-likeness (QED) is 0.248. The molecular weight excluding hydrogens is 580 g/mol. The second-order valence-electron chi connectivity index (χ2n) is 13.4. The first-order valence-corrected chi connectivity index (χ1v) is 22.1. The third-order valence-electron chi connectivity index (χ3n) is 7.98. The molecule has 0 radical (unpaired) electrons. The monoisotopic (exact) mass is 624 g/mol. The van der Waals surface area contributed by atoms with E-state index in [2.05, 4.69) is 101 Å². The van der Waals surface area contributed by atoms with Gasteiger partial charge in [0.05, 0.1) is 12.9 Å². The van der Waals surface area contributed by atoms with Crippen molar-refractivity contribution < 1.29 is 22.8 Å². The van der Waals surface area contributed by atoms with E-state index in [1.165, 1.54) is 6.33 Å². The number of hydrogen-bond donors (Lipinski definition) is 1. The van der Waals surface area contributed by atoms with Crippen LogP contribution in [-0.4, -0.2) is 74.2 Å².